The second kappa shape index (κ2) is 6.33. The van der Waals surface area contributed by atoms with E-state index in [1.165, 1.54) is 6.42 Å². The number of fused-ring (bicyclic) bond motifs is 2. The summed E-state index contributed by atoms with van der Waals surface area (Å²) in [5.41, 5.74) is 0.382. The molecule has 0 radical (unpaired) electrons. The SMILES string of the molecule is Cl.O=C(c1cc(Br)ccc1O)N1CCC2CCC(C1)N2. The lowest BCUT2D eigenvalue weighted by Gasteiger charge is -2.24. The van der Waals surface area contributed by atoms with Crippen LogP contribution in [0.3, 0.4) is 0 Å². The van der Waals surface area contributed by atoms with Gasteiger partial charge in [0.25, 0.3) is 5.91 Å². The zero-order valence-electron chi connectivity index (χ0n) is 11.0. The number of carbonyl (C=O) groups is 1. The summed E-state index contributed by atoms with van der Waals surface area (Å²) in [4.78, 5) is 14.4. The molecule has 0 aliphatic carbocycles. The molecule has 4 nitrogen and oxygen atoms in total. The fourth-order valence-electron chi connectivity index (χ4n) is 2.98. The average Bonchev–Trinajstić information content (AvgIpc) is 2.71. The smallest absolute Gasteiger partial charge is 0.257 e. The highest BCUT2D eigenvalue weighted by Crippen LogP contribution is 2.26. The molecule has 2 bridgehead atoms. The van der Waals surface area contributed by atoms with E-state index in [2.05, 4.69) is 21.2 Å². The lowest BCUT2D eigenvalue weighted by atomic mass is 10.1. The first-order valence-corrected chi connectivity index (χ1v) is 7.46. The number of nitrogens with zero attached hydrogens (tertiary/aromatic N) is 1. The van der Waals surface area contributed by atoms with Gasteiger partial charge in [0.15, 0.2) is 0 Å². The van der Waals surface area contributed by atoms with E-state index >= 15 is 0 Å². The zero-order chi connectivity index (χ0) is 13.4. The van der Waals surface area contributed by atoms with Gasteiger partial charge in [-0.05, 0) is 37.5 Å². The Balaban J connectivity index is 0.00000147. The van der Waals surface area contributed by atoms with Gasteiger partial charge in [0.1, 0.15) is 5.75 Å². The van der Waals surface area contributed by atoms with Crippen molar-refractivity contribution in [1.82, 2.24) is 10.2 Å². The van der Waals surface area contributed by atoms with E-state index in [9.17, 15) is 9.90 Å². The van der Waals surface area contributed by atoms with Crippen LogP contribution in [0.2, 0.25) is 0 Å². The third-order valence-electron chi connectivity index (χ3n) is 4.00. The standard InChI is InChI=1S/C14H17BrN2O2.ClH/c15-9-1-4-13(18)12(7-9)14(19)17-6-5-10-2-3-11(8-17)16-10;/h1,4,7,10-11,16,18H,2-3,5-6,8H2;1H. The highest BCUT2D eigenvalue weighted by Gasteiger charge is 2.32. The maximum absolute atomic E-state index is 12.5. The Bertz CT molecular complexity index is 512. The summed E-state index contributed by atoms with van der Waals surface area (Å²) in [5, 5.41) is 13.4. The van der Waals surface area contributed by atoms with Crippen LogP contribution >= 0.6 is 28.3 Å². The molecule has 2 fully saturated rings. The average molecular weight is 362 g/mol. The fourth-order valence-corrected chi connectivity index (χ4v) is 3.34. The molecule has 1 aromatic carbocycles. The van der Waals surface area contributed by atoms with Crippen LogP contribution in [0.4, 0.5) is 0 Å². The molecule has 2 heterocycles. The number of likely N-dealkylation sites (tertiary alicyclic amines) is 1. The number of amides is 1. The van der Waals surface area contributed by atoms with Crippen molar-refractivity contribution in [3.8, 4) is 5.75 Å². The first kappa shape index (κ1) is 15.6. The van der Waals surface area contributed by atoms with Crippen LogP contribution < -0.4 is 5.32 Å². The quantitative estimate of drug-likeness (QED) is 0.808. The van der Waals surface area contributed by atoms with Crippen molar-refractivity contribution in [3.05, 3.63) is 28.2 Å². The summed E-state index contributed by atoms with van der Waals surface area (Å²) in [6, 6.07) is 5.94. The molecule has 6 heteroatoms. The summed E-state index contributed by atoms with van der Waals surface area (Å²) < 4.78 is 0.808. The maximum atomic E-state index is 12.5. The maximum Gasteiger partial charge on any atom is 0.257 e. The van der Waals surface area contributed by atoms with Crippen molar-refractivity contribution in [2.75, 3.05) is 13.1 Å². The molecule has 2 unspecified atom stereocenters. The lowest BCUT2D eigenvalue weighted by Crippen LogP contribution is -2.39. The monoisotopic (exact) mass is 360 g/mol. The number of rotatable bonds is 1. The number of carbonyl (C=O) groups excluding carboxylic acids is 1. The lowest BCUT2D eigenvalue weighted by molar-refractivity contribution is 0.0745. The van der Waals surface area contributed by atoms with Crippen molar-refractivity contribution in [2.45, 2.75) is 31.3 Å². The van der Waals surface area contributed by atoms with Gasteiger partial charge in [-0.3, -0.25) is 4.79 Å². The van der Waals surface area contributed by atoms with Crippen molar-refractivity contribution in [3.63, 3.8) is 0 Å². The van der Waals surface area contributed by atoms with E-state index in [1.54, 1.807) is 18.2 Å². The number of hydrogen-bond acceptors (Lipinski definition) is 3. The number of benzene rings is 1. The molecule has 0 aromatic heterocycles. The molecule has 2 aliphatic rings. The minimum atomic E-state index is -0.0758. The van der Waals surface area contributed by atoms with Gasteiger partial charge in [-0.1, -0.05) is 15.9 Å². The third kappa shape index (κ3) is 3.10. The predicted octanol–water partition coefficient (Wildman–Crippen LogP) is 2.54. The van der Waals surface area contributed by atoms with Crippen LogP contribution in [-0.2, 0) is 0 Å². The van der Waals surface area contributed by atoms with Gasteiger partial charge >= 0.3 is 0 Å². The Morgan fingerprint density at radius 3 is 2.85 bits per heavy atom. The molecule has 110 valence electrons. The Kier molecular flexibility index (Phi) is 4.94. The summed E-state index contributed by atoms with van der Waals surface area (Å²) in [6.07, 6.45) is 3.35. The number of phenols is 1. The van der Waals surface area contributed by atoms with Crippen molar-refractivity contribution in [1.29, 1.82) is 0 Å². The van der Waals surface area contributed by atoms with Crippen LogP contribution in [0.15, 0.2) is 22.7 Å². The largest absolute Gasteiger partial charge is 0.507 e. The number of aromatic hydroxyl groups is 1. The Morgan fingerprint density at radius 2 is 2.05 bits per heavy atom. The normalized spacial score (nSPS) is 24.9. The molecular formula is C14H18BrClN2O2. The number of hydrogen-bond donors (Lipinski definition) is 2. The van der Waals surface area contributed by atoms with E-state index in [0.717, 1.165) is 30.4 Å². The summed E-state index contributed by atoms with van der Waals surface area (Å²) in [5.74, 6) is -0.0243. The molecule has 2 aliphatic heterocycles. The van der Waals surface area contributed by atoms with Crippen molar-refractivity contribution < 1.29 is 9.90 Å². The summed E-state index contributed by atoms with van der Waals surface area (Å²) in [7, 11) is 0. The minimum Gasteiger partial charge on any atom is -0.507 e. The Labute approximate surface area is 133 Å². The highest BCUT2D eigenvalue weighted by atomic mass is 79.9. The van der Waals surface area contributed by atoms with Crippen LogP contribution in [0, 0.1) is 0 Å². The molecule has 0 saturated carbocycles. The third-order valence-corrected chi connectivity index (χ3v) is 4.49. The van der Waals surface area contributed by atoms with Gasteiger partial charge in [0, 0.05) is 29.6 Å². The number of phenolic OH excluding ortho intramolecular Hbond substituents is 1. The van der Waals surface area contributed by atoms with Crippen molar-refractivity contribution >= 4 is 34.2 Å². The van der Waals surface area contributed by atoms with E-state index in [0.29, 0.717) is 17.6 Å². The van der Waals surface area contributed by atoms with Gasteiger partial charge in [0.05, 0.1) is 5.56 Å². The molecule has 2 N–H and O–H groups in total. The van der Waals surface area contributed by atoms with E-state index < -0.39 is 0 Å². The second-order valence-electron chi connectivity index (χ2n) is 5.34. The molecule has 3 rings (SSSR count). The van der Waals surface area contributed by atoms with Crippen molar-refractivity contribution in [2.24, 2.45) is 0 Å². The fraction of sp³-hybridized carbons (Fsp3) is 0.500. The first-order valence-electron chi connectivity index (χ1n) is 6.67. The topological polar surface area (TPSA) is 52.6 Å². The Morgan fingerprint density at radius 1 is 1.30 bits per heavy atom. The zero-order valence-corrected chi connectivity index (χ0v) is 13.4. The minimum absolute atomic E-state index is 0. The van der Waals surface area contributed by atoms with Crippen LogP contribution in [0.25, 0.3) is 0 Å². The van der Waals surface area contributed by atoms with E-state index in [1.807, 2.05) is 4.90 Å². The molecule has 1 amide bonds. The molecule has 20 heavy (non-hydrogen) atoms. The van der Waals surface area contributed by atoms with E-state index in [-0.39, 0.29) is 24.1 Å². The van der Waals surface area contributed by atoms with Gasteiger partial charge in [-0.2, -0.15) is 0 Å². The molecular weight excluding hydrogens is 344 g/mol. The predicted molar refractivity (Wildman–Crippen MR) is 83.5 cm³/mol. The molecule has 0 spiro atoms. The number of halogens is 2. The van der Waals surface area contributed by atoms with Crippen LogP contribution in [0.1, 0.15) is 29.6 Å². The summed E-state index contributed by atoms with van der Waals surface area (Å²) >= 11 is 3.34. The van der Waals surface area contributed by atoms with Gasteiger partial charge < -0.3 is 15.3 Å². The van der Waals surface area contributed by atoms with E-state index in [4.69, 9.17) is 0 Å². The number of nitrogens with one attached hydrogen (secondary N) is 1. The second-order valence-corrected chi connectivity index (χ2v) is 6.25. The molecule has 2 saturated heterocycles. The molecule has 2 atom stereocenters. The van der Waals surface area contributed by atoms with Gasteiger partial charge in [0.2, 0.25) is 0 Å². The van der Waals surface area contributed by atoms with Gasteiger partial charge in [-0.15, -0.1) is 12.4 Å². The van der Waals surface area contributed by atoms with Gasteiger partial charge in [-0.25, -0.2) is 0 Å². The summed E-state index contributed by atoms with van der Waals surface area (Å²) in [6.45, 7) is 1.50. The van der Waals surface area contributed by atoms with Crippen LogP contribution in [-0.4, -0.2) is 41.1 Å². The van der Waals surface area contributed by atoms with Crippen LogP contribution in [0.5, 0.6) is 5.75 Å². The molecule has 1 aromatic rings. The Hall–Kier alpha value is -0.780. The first-order chi connectivity index (χ1) is 9.13. The highest BCUT2D eigenvalue weighted by molar-refractivity contribution is 9.10.